The molecule has 0 aliphatic rings. The zero-order chi connectivity index (χ0) is 10.0. The van der Waals surface area contributed by atoms with Gasteiger partial charge in [-0.3, -0.25) is 0 Å². The third-order valence-corrected chi connectivity index (χ3v) is 1.53. The first kappa shape index (κ1) is 9.56. The molecule has 5 nitrogen and oxygen atoms in total. The lowest BCUT2D eigenvalue weighted by atomic mass is 10.3. The summed E-state index contributed by atoms with van der Waals surface area (Å²) in [5.41, 5.74) is 0.154. The van der Waals surface area contributed by atoms with Gasteiger partial charge >= 0.3 is 12.4 Å². The van der Waals surface area contributed by atoms with Crippen LogP contribution in [0.3, 0.4) is 0 Å². The van der Waals surface area contributed by atoms with Crippen LogP contribution in [0, 0.1) is 10.1 Å². The fourth-order valence-electron chi connectivity index (χ4n) is 0.941. The molecule has 0 radical (unpaired) electrons. The predicted molar refractivity (Wildman–Crippen MR) is 39.5 cm³/mol. The van der Waals surface area contributed by atoms with Gasteiger partial charge in [-0.1, -0.05) is 6.92 Å². The molecule has 0 N–H and O–H groups in total. The van der Waals surface area contributed by atoms with Gasteiger partial charge in [-0.2, -0.15) is 8.78 Å². The van der Waals surface area contributed by atoms with E-state index in [1.54, 1.807) is 6.92 Å². The second-order valence-electron chi connectivity index (χ2n) is 2.33. The van der Waals surface area contributed by atoms with E-state index in [4.69, 9.17) is 0 Å². The summed E-state index contributed by atoms with van der Waals surface area (Å²) in [6.07, 6.45) is 0.283. The lowest BCUT2D eigenvalue weighted by Crippen LogP contribution is -2.04. The van der Waals surface area contributed by atoms with Crippen molar-refractivity contribution >= 4 is 5.82 Å². The first-order valence-corrected chi connectivity index (χ1v) is 3.57. The van der Waals surface area contributed by atoms with Crippen LogP contribution in [-0.2, 0) is 6.42 Å². The summed E-state index contributed by atoms with van der Waals surface area (Å²) in [6, 6.07) is 1.05. The minimum absolute atomic E-state index is 0.154. The average molecular weight is 191 g/mol. The van der Waals surface area contributed by atoms with Crippen LogP contribution in [0.25, 0.3) is 0 Å². The second-order valence-corrected chi connectivity index (χ2v) is 2.33. The predicted octanol–water partition coefficient (Wildman–Crippen LogP) is 1.75. The normalized spacial score (nSPS) is 10.8. The van der Waals surface area contributed by atoms with E-state index < -0.39 is 17.3 Å². The van der Waals surface area contributed by atoms with Gasteiger partial charge in [-0.25, -0.2) is 0 Å². The molecule has 72 valence electrons. The maximum Gasteiger partial charge on any atom is 0.390 e. The van der Waals surface area contributed by atoms with Crippen LogP contribution >= 0.6 is 0 Å². The molecule has 1 aromatic heterocycles. The molecule has 1 heterocycles. The molecule has 0 amide bonds. The fourth-order valence-corrected chi connectivity index (χ4v) is 0.941. The number of hydrogen-bond donors (Lipinski definition) is 0. The SMILES string of the molecule is CCc1cc([N+](=O)[O-])nn1C(F)F. The number of alkyl halides is 2. The molecule has 0 spiro atoms. The molecular formula is C6H7F2N3O2. The Balaban J connectivity index is 3.11. The van der Waals surface area contributed by atoms with E-state index in [2.05, 4.69) is 5.10 Å². The Bertz CT molecular complexity index is 324. The zero-order valence-electron chi connectivity index (χ0n) is 6.78. The number of halogens is 2. The molecule has 0 aliphatic carbocycles. The van der Waals surface area contributed by atoms with Crippen molar-refractivity contribution in [3.63, 3.8) is 0 Å². The monoisotopic (exact) mass is 191 g/mol. The van der Waals surface area contributed by atoms with Gasteiger partial charge in [0.2, 0.25) is 0 Å². The van der Waals surface area contributed by atoms with E-state index in [-0.39, 0.29) is 12.1 Å². The highest BCUT2D eigenvalue weighted by Crippen LogP contribution is 2.18. The van der Waals surface area contributed by atoms with Crippen LogP contribution in [0.2, 0.25) is 0 Å². The van der Waals surface area contributed by atoms with Crippen molar-refractivity contribution in [3.8, 4) is 0 Å². The Morgan fingerprint density at radius 1 is 1.77 bits per heavy atom. The molecule has 0 aromatic carbocycles. The molecule has 1 aromatic rings. The number of aromatic nitrogens is 2. The van der Waals surface area contributed by atoms with Crippen molar-refractivity contribution < 1.29 is 13.7 Å². The summed E-state index contributed by atoms with van der Waals surface area (Å²) in [7, 11) is 0. The fraction of sp³-hybridized carbons (Fsp3) is 0.500. The van der Waals surface area contributed by atoms with E-state index in [0.717, 1.165) is 6.07 Å². The van der Waals surface area contributed by atoms with Crippen molar-refractivity contribution in [3.05, 3.63) is 21.9 Å². The third-order valence-electron chi connectivity index (χ3n) is 1.53. The molecule has 0 fully saturated rings. The molecule has 0 saturated heterocycles. The van der Waals surface area contributed by atoms with Gasteiger partial charge in [0.15, 0.2) is 0 Å². The Hall–Kier alpha value is -1.53. The number of hydrogen-bond acceptors (Lipinski definition) is 3. The van der Waals surface area contributed by atoms with Crippen LogP contribution in [0.4, 0.5) is 14.6 Å². The van der Waals surface area contributed by atoms with Gasteiger partial charge < -0.3 is 10.1 Å². The maximum absolute atomic E-state index is 12.2. The Morgan fingerprint density at radius 2 is 2.38 bits per heavy atom. The van der Waals surface area contributed by atoms with Crippen molar-refractivity contribution in [2.24, 2.45) is 0 Å². The summed E-state index contributed by atoms with van der Waals surface area (Å²) in [5.74, 6) is -0.544. The van der Waals surface area contributed by atoms with Crippen molar-refractivity contribution in [1.82, 2.24) is 9.78 Å². The van der Waals surface area contributed by atoms with Crippen LogP contribution in [-0.4, -0.2) is 14.7 Å². The van der Waals surface area contributed by atoms with Gasteiger partial charge in [-0.05, 0) is 11.3 Å². The highest BCUT2D eigenvalue weighted by Gasteiger charge is 2.22. The Labute approximate surface area is 72.1 Å². The quantitative estimate of drug-likeness (QED) is 0.540. The third kappa shape index (κ3) is 1.79. The lowest BCUT2D eigenvalue weighted by Gasteiger charge is -1.96. The highest BCUT2D eigenvalue weighted by atomic mass is 19.3. The molecule has 0 atom stereocenters. The van der Waals surface area contributed by atoms with E-state index >= 15 is 0 Å². The summed E-state index contributed by atoms with van der Waals surface area (Å²) in [4.78, 5) is 9.40. The van der Waals surface area contributed by atoms with Crippen LogP contribution in [0.15, 0.2) is 6.07 Å². The molecule has 7 heteroatoms. The zero-order valence-corrected chi connectivity index (χ0v) is 6.78. The standard InChI is InChI=1S/C6H7F2N3O2/c1-2-4-3-5(11(12)13)9-10(4)6(7)8/h3,6H,2H2,1H3. The molecule has 0 unspecified atom stereocenters. The second kappa shape index (κ2) is 3.46. The smallest absolute Gasteiger partial charge is 0.358 e. The van der Waals surface area contributed by atoms with Gasteiger partial charge in [0.05, 0.1) is 16.9 Å². The van der Waals surface area contributed by atoms with E-state index in [9.17, 15) is 18.9 Å². The molecule has 1 rings (SSSR count). The van der Waals surface area contributed by atoms with Crippen molar-refractivity contribution in [1.29, 1.82) is 0 Å². The van der Waals surface area contributed by atoms with Crippen LogP contribution in [0.1, 0.15) is 19.2 Å². The Kier molecular flexibility index (Phi) is 2.54. The van der Waals surface area contributed by atoms with Gasteiger partial charge in [0.1, 0.15) is 0 Å². The minimum atomic E-state index is -2.83. The summed E-state index contributed by atoms with van der Waals surface area (Å²) in [6.45, 7) is -1.21. The van der Waals surface area contributed by atoms with E-state index in [0.29, 0.717) is 4.68 Å². The van der Waals surface area contributed by atoms with Crippen molar-refractivity contribution in [2.45, 2.75) is 19.9 Å². The average Bonchev–Trinajstić information content (AvgIpc) is 2.47. The summed E-state index contributed by atoms with van der Waals surface area (Å²) in [5, 5.41) is 13.3. The topological polar surface area (TPSA) is 61.0 Å². The van der Waals surface area contributed by atoms with E-state index in [1.165, 1.54) is 0 Å². The van der Waals surface area contributed by atoms with Gasteiger partial charge in [0, 0.05) is 0 Å². The summed E-state index contributed by atoms with van der Waals surface area (Å²) >= 11 is 0. The van der Waals surface area contributed by atoms with Crippen LogP contribution in [0.5, 0.6) is 0 Å². The number of nitrogens with zero attached hydrogens (tertiary/aromatic N) is 3. The molecule has 0 saturated carbocycles. The van der Waals surface area contributed by atoms with Crippen LogP contribution < -0.4 is 0 Å². The molecule has 13 heavy (non-hydrogen) atoms. The molecule has 0 aliphatic heterocycles. The number of rotatable bonds is 3. The largest absolute Gasteiger partial charge is 0.390 e. The first-order chi connectivity index (χ1) is 6.06. The minimum Gasteiger partial charge on any atom is -0.358 e. The lowest BCUT2D eigenvalue weighted by molar-refractivity contribution is -0.390. The Morgan fingerprint density at radius 3 is 2.69 bits per heavy atom. The van der Waals surface area contributed by atoms with Gasteiger partial charge in [-0.15, -0.1) is 4.68 Å². The van der Waals surface area contributed by atoms with E-state index in [1.807, 2.05) is 0 Å². The highest BCUT2D eigenvalue weighted by molar-refractivity contribution is 5.22. The number of nitro groups is 1. The number of aryl methyl sites for hydroxylation is 1. The van der Waals surface area contributed by atoms with Crippen molar-refractivity contribution in [2.75, 3.05) is 0 Å². The summed E-state index contributed by atoms with van der Waals surface area (Å²) < 4.78 is 24.7. The molecular weight excluding hydrogens is 184 g/mol. The van der Waals surface area contributed by atoms with Gasteiger partial charge in [0.25, 0.3) is 0 Å². The maximum atomic E-state index is 12.2. The first-order valence-electron chi connectivity index (χ1n) is 3.57. The molecule has 0 bridgehead atoms.